The molecule has 0 unspecified atom stereocenters. The molecule has 34 heavy (non-hydrogen) atoms. The van der Waals surface area contributed by atoms with Crippen LogP contribution in [0.15, 0.2) is 78.9 Å². The second-order valence-electron chi connectivity index (χ2n) is 8.27. The van der Waals surface area contributed by atoms with Gasteiger partial charge in [-0.2, -0.15) is 0 Å². The third kappa shape index (κ3) is 4.09. The molecule has 6 heteroatoms. The summed E-state index contributed by atoms with van der Waals surface area (Å²) in [6.07, 6.45) is 3.13. The summed E-state index contributed by atoms with van der Waals surface area (Å²) in [5, 5.41) is 50.3. The van der Waals surface area contributed by atoms with Gasteiger partial charge in [-0.25, -0.2) is 0 Å². The fraction of sp³-hybridized carbons (Fsp3) is 0.0714. The number of hydrogen-bond donors (Lipinski definition) is 5. The van der Waals surface area contributed by atoms with Gasteiger partial charge in [0, 0.05) is 11.6 Å². The van der Waals surface area contributed by atoms with Crippen molar-refractivity contribution >= 4 is 12.2 Å². The molecule has 4 aromatic rings. The van der Waals surface area contributed by atoms with E-state index in [4.69, 9.17) is 4.74 Å². The summed E-state index contributed by atoms with van der Waals surface area (Å²) in [4.78, 5) is 0. The van der Waals surface area contributed by atoms with Gasteiger partial charge >= 0.3 is 0 Å². The van der Waals surface area contributed by atoms with E-state index in [9.17, 15) is 25.5 Å². The van der Waals surface area contributed by atoms with E-state index in [0.29, 0.717) is 22.4 Å². The Labute approximate surface area is 195 Å². The van der Waals surface area contributed by atoms with Crippen LogP contribution in [0.25, 0.3) is 12.2 Å². The Hall–Kier alpha value is -4.58. The summed E-state index contributed by atoms with van der Waals surface area (Å²) in [5.41, 5.74) is 3.49. The van der Waals surface area contributed by atoms with E-state index in [1.807, 2.05) is 18.2 Å². The van der Waals surface area contributed by atoms with Crippen LogP contribution in [-0.2, 0) is 0 Å². The number of phenolic OH excluding ortho intramolecular Hbond substituents is 5. The molecule has 0 fully saturated rings. The Balaban J connectivity index is 1.58. The van der Waals surface area contributed by atoms with Crippen molar-refractivity contribution in [3.05, 3.63) is 107 Å². The molecule has 0 aromatic heterocycles. The summed E-state index contributed by atoms with van der Waals surface area (Å²) in [6, 6.07) is 21.1. The Morgan fingerprint density at radius 3 is 1.79 bits per heavy atom. The van der Waals surface area contributed by atoms with Crippen molar-refractivity contribution in [1.29, 1.82) is 0 Å². The van der Waals surface area contributed by atoms with Crippen LogP contribution in [0.4, 0.5) is 0 Å². The molecule has 5 rings (SSSR count). The number of rotatable bonds is 4. The van der Waals surface area contributed by atoms with Crippen LogP contribution in [-0.4, -0.2) is 25.5 Å². The lowest BCUT2D eigenvalue weighted by Gasteiger charge is -2.21. The highest BCUT2D eigenvalue weighted by Gasteiger charge is 2.39. The molecule has 0 amide bonds. The fourth-order valence-electron chi connectivity index (χ4n) is 4.34. The quantitative estimate of drug-likeness (QED) is 0.255. The molecular formula is C28H22O6. The molecular weight excluding hydrogens is 432 g/mol. The monoisotopic (exact) mass is 454 g/mol. The third-order valence-electron chi connectivity index (χ3n) is 5.88. The SMILES string of the molecule is Oc1ccc(/C=C/c2cc(O)c3c(c2)O[C@@H](c2ccc(O)cc2)[C@@H]3c2cc(O)cc(O)c2)cc1. The minimum Gasteiger partial charge on any atom is -0.508 e. The first-order valence-corrected chi connectivity index (χ1v) is 10.7. The standard InChI is InChI=1S/C28H22O6/c29-20-7-3-16(4-8-20)1-2-17-11-24(33)27-25(12-17)34-28(18-5-9-21(30)10-6-18)26(27)19-13-22(31)15-23(32)14-19/h1-15,26,28-33H/b2-1+/t26-,28+/m1/s1. The zero-order chi connectivity index (χ0) is 23.8. The Kier molecular flexibility index (Phi) is 5.26. The summed E-state index contributed by atoms with van der Waals surface area (Å²) in [6.45, 7) is 0. The first kappa shape index (κ1) is 21.3. The van der Waals surface area contributed by atoms with Gasteiger partial charge < -0.3 is 30.3 Å². The molecule has 0 bridgehead atoms. The van der Waals surface area contributed by atoms with Gasteiger partial charge in [0.1, 0.15) is 40.6 Å². The Morgan fingerprint density at radius 2 is 1.15 bits per heavy atom. The van der Waals surface area contributed by atoms with Gasteiger partial charge in [0.25, 0.3) is 0 Å². The largest absolute Gasteiger partial charge is 0.508 e. The highest BCUT2D eigenvalue weighted by atomic mass is 16.5. The summed E-state index contributed by atoms with van der Waals surface area (Å²) in [7, 11) is 0. The molecule has 170 valence electrons. The first-order chi connectivity index (χ1) is 16.4. The van der Waals surface area contributed by atoms with Crippen molar-refractivity contribution in [2.24, 2.45) is 0 Å². The second kappa shape index (κ2) is 8.41. The van der Waals surface area contributed by atoms with Gasteiger partial charge in [-0.15, -0.1) is 0 Å². The summed E-state index contributed by atoms with van der Waals surface area (Å²) >= 11 is 0. The van der Waals surface area contributed by atoms with Crippen LogP contribution in [0, 0.1) is 0 Å². The van der Waals surface area contributed by atoms with Gasteiger partial charge in [-0.3, -0.25) is 0 Å². The molecule has 0 aliphatic carbocycles. The lowest BCUT2D eigenvalue weighted by molar-refractivity contribution is 0.222. The number of hydrogen-bond acceptors (Lipinski definition) is 6. The fourth-order valence-corrected chi connectivity index (χ4v) is 4.34. The second-order valence-corrected chi connectivity index (χ2v) is 8.27. The van der Waals surface area contributed by atoms with Crippen LogP contribution in [0.2, 0.25) is 0 Å². The van der Waals surface area contributed by atoms with Crippen molar-refractivity contribution in [2.75, 3.05) is 0 Å². The average Bonchev–Trinajstić information content (AvgIpc) is 3.19. The normalized spacial score (nSPS) is 16.9. The number of fused-ring (bicyclic) bond motifs is 1. The number of ether oxygens (including phenoxy) is 1. The van der Waals surface area contributed by atoms with Crippen LogP contribution >= 0.6 is 0 Å². The Morgan fingerprint density at radius 1 is 0.559 bits per heavy atom. The van der Waals surface area contributed by atoms with Crippen molar-refractivity contribution in [3.63, 3.8) is 0 Å². The lowest BCUT2D eigenvalue weighted by atomic mass is 9.84. The molecule has 0 saturated heterocycles. The smallest absolute Gasteiger partial charge is 0.135 e. The van der Waals surface area contributed by atoms with E-state index in [1.165, 1.54) is 18.2 Å². The van der Waals surface area contributed by atoms with Gasteiger partial charge in [0.2, 0.25) is 0 Å². The molecule has 1 aliphatic heterocycles. The van der Waals surface area contributed by atoms with Crippen LogP contribution in [0.3, 0.4) is 0 Å². The average molecular weight is 454 g/mol. The van der Waals surface area contributed by atoms with E-state index in [2.05, 4.69) is 0 Å². The minimum atomic E-state index is -0.556. The van der Waals surface area contributed by atoms with Crippen LogP contribution in [0.1, 0.15) is 39.8 Å². The van der Waals surface area contributed by atoms with E-state index in [1.54, 1.807) is 54.6 Å². The molecule has 0 radical (unpaired) electrons. The summed E-state index contributed by atoms with van der Waals surface area (Å²) < 4.78 is 6.30. The highest BCUT2D eigenvalue weighted by Crippen LogP contribution is 2.54. The predicted octanol–water partition coefficient (Wildman–Crippen LogP) is 5.65. The van der Waals surface area contributed by atoms with Crippen molar-refractivity contribution in [1.82, 2.24) is 0 Å². The minimum absolute atomic E-state index is 0.0250. The van der Waals surface area contributed by atoms with Crippen molar-refractivity contribution < 1.29 is 30.3 Å². The number of phenols is 5. The lowest BCUT2D eigenvalue weighted by Crippen LogP contribution is -2.11. The number of aromatic hydroxyl groups is 5. The highest BCUT2D eigenvalue weighted by molar-refractivity contribution is 5.73. The zero-order valence-corrected chi connectivity index (χ0v) is 18.0. The maximum Gasteiger partial charge on any atom is 0.135 e. The van der Waals surface area contributed by atoms with E-state index < -0.39 is 12.0 Å². The zero-order valence-electron chi connectivity index (χ0n) is 18.0. The molecule has 0 spiro atoms. The molecule has 0 saturated carbocycles. The van der Waals surface area contributed by atoms with E-state index in [-0.39, 0.29) is 28.7 Å². The third-order valence-corrected chi connectivity index (χ3v) is 5.88. The molecule has 1 heterocycles. The molecule has 6 nitrogen and oxygen atoms in total. The Bertz CT molecular complexity index is 1350. The van der Waals surface area contributed by atoms with E-state index >= 15 is 0 Å². The van der Waals surface area contributed by atoms with Crippen molar-refractivity contribution in [2.45, 2.75) is 12.0 Å². The molecule has 4 aromatic carbocycles. The number of benzene rings is 4. The molecule has 5 N–H and O–H groups in total. The maximum atomic E-state index is 11.0. The van der Waals surface area contributed by atoms with Gasteiger partial charge in [0.15, 0.2) is 0 Å². The van der Waals surface area contributed by atoms with Gasteiger partial charge in [0.05, 0.1) is 5.92 Å². The summed E-state index contributed by atoms with van der Waals surface area (Å²) in [5.74, 6) is 0.114. The maximum absolute atomic E-state index is 11.0. The molecule has 1 aliphatic rings. The first-order valence-electron chi connectivity index (χ1n) is 10.7. The van der Waals surface area contributed by atoms with Crippen LogP contribution < -0.4 is 4.74 Å². The van der Waals surface area contributed by atoms with Crippen molar-refractivity contribution in [3.8, 4) is 34.5 Å². The molecule has 2 atom stereocenters. The predicted molar refractivity (Wildman–Crippen MR) is 128 cm³/mol. The van der Waals surface area contributed by atoms with Gasteiger partial charge in [-0.05, 0) is 70.8 Å². The van der Waals surface area contributed by atoms with Gasteiger partial charge in [-0.1, -0.05) is 36.4 Å². The van der Waals surface area contributed by atoms with Crippen LogP contribution in [0.5, 0.6) is 34.5 Å². The van der Waals surface area contributed by atoms with E-state index in [0.717, 1.165) is 11.1 Å². The topological polar surface area (TPSA) is 110 Å².